The van der Waals surface area contributed by atoms with E-state index < -0.39 is 0 Å². The number of aromatic nitrogens is 1. The van der Waals surface area contributed by atoms with E-state index in [1.807, 2.05) is 6.07 Å². The molecule has 4 nitrogen and oxygen atoms in total. The molecule has 0 saturated heterocycles. The van der Waals surface area contributed by atoms with E-state index in [4.69, 9.17) is 9.72 Å². The number of pyridine rings is 1. The number of hydrogen-bond donors (Lipinski definition) is 0. The summed E-state index contributed by atoms with van der Waals surface area (Å²) in [7, 11) is 4.12. The Hall–Kier alpha value is -2.59. The van der Waals surface area contributed by atoms with Crippen molar-refractivity contribution in [3.8, 4) is 17.0 Å². The van der Waals surface area contributed by atoms with Crippen LogP contribution in [0.2, 0.25) is 0 Å². The van der Waals surface area contributed by atoms with E-state index >= 15 is 0 Å². The zero-order chi connectivity index (χ0) is 22.2. The molecular formula is C27H37N3O. The van der Waals surface area contributed by atoms with Crippen LogP contribution in [-0.4, -0.2) is 50.2 Å². The van der Waals surface area contributed by atoms with Gasteiger partial charge in [0.15, 0.2) is 0 Å². The molecule has 2 aromatic carbocycles. The van der Waals surface area contributed by atoms with Crippen LogP contribution in [0.25, 0.3) is 22.0 Å². The molecule has 0 aliphatic rings. The van der Waals surface area contributed by atoms with Crippen molar-refractivity contribution >= 4 is 16.5 Å². The number of hydrogen-bond acceptors (Lipinski definition) is 4. The van der Waals surface area contributed by atoms with Gasteiger partial charge in [-0.3, -0.25) is 4.98 Å². The molecule has 1 aromatic heterocycles. The van der Waals surface area contributed by atoms with Crippen molar-refractivity contribution in [2.75, 3.05) is 45.2 Å². The topological polar surface area (TPSA) is 28.6 Å². The first-order chi connectivity index (χ1) is 15.0. The molecule has 4 heteroatoms. The summed E-state index contributed by atoms with van der Waals surface area (Å²) in [6.07, 6.45) is 3.52. The standard InChI is InChI=1S/C27H37N3O/c1-6-8-17-30(16-7-2)27-21(3)28-26(24-14-9-10-15-25(24)27)22-12-11-13-23(20-22)31-19-18-29(4)5/h9-15,20H,6-8,16-19H2,1-5H3. The highest BCUT2D eigenvalue weighted by Gasteiger charge is 2.17. The Bertz CT molecular complexity index is 983. The van der Waals surface area contributed by atoms with Crippen molar-refractivity contribution in [3.63, 3.8) is 0 Å². The van der Waals surface area contributed by atoms with Gasteiger partial charge in [-0.1, -0.05) is 56.7 Å². The predicted molar refractivity (Wildman–Crippen MR) is 133 cm³/mol. The van der Waals surface area contributed by atoms with E-state index in [0.29, 0.717) is 6.61 Å². The lowest BCUT2D eigenvalue weighted by molar-refractivity contribution is 0.261. The number of rotatable bonds is 11. The average molecular weight is 420 g/mol. The van der Waals surface area contributed by atoms with E-state index in [1.54, 1.807) is 0 Å². The molecule has 0 bridgehead atoms. The van der Waals surface area contributed by atoms with Crippen LogP contribution in [-0.2, 0) is 0 Å². The van der Waals surface area contributed by atoms with Crippen molar-refractivity contribution in [1.82, 2.24) is 9.88 Å². The summed E-state index contributed by atoms with van der Waals surface area (Å²) >= 11 is 0. The van der Waals surface area contributed by atoms with Gasteiger partial charge in [-0.15, -0.1) is 0 Å². The number of unbranched alkanes of at least 4 members (excludes halogenated alkanes) is 1. The van der Waals surface area contributed by atoms with Crippen LogP contribution < -0.4 is 9.64 Å². The molecule has 0 amide bonds. The van der Waals surface area contributed by atoms with Crippen LogP contribution >= 0.6 is 0 Å². The number of ether oxygens (including phenoxy) is 1. The number of aryl methyl sites for hydroxylation is 1. The number of likely N-dealkylation sites (N-methyl/N-ethyl adjacent to an activating group) is 1. The highest BCUT2D eigenvalue weighted by molar-refractivity contribution is 6.03. The van der Waals surface area contributed by atoms with Crippen molar-refractivity contribution in [2.24, 2.45) is 0 Å². The molecule has 166 valence electrons. The largest absolute Gasteiger partial charge is 0.492 e. The van der Waals surface area contributed by atoms with Gasteiger partial charge in [0, 0.05) is 36.0 Å². The fraction of sp³-hybridized carbons (Fsp3) is 0.444. The molecule has 0 spiro atoms. The minimum atomic E-state index is 0.673. The Morgan fingerprint density at radius 1 is 0.871 bits per heavy atom. The third-order valence-corrected chi connectivity index (χ3v) is 5.57. The van der Waals surface area contributed by atoms with Gasteiger partial charge in [-0.05, 0) is 46.0 Å². The molecule has 0 atom stereocenters. The number of benzene rings is 2. The second-order valence-electron chi connectivity index (χ2n) is 8.46. The quantitative estimate of drug-likeness (QED) is 0.372. The highest BCUT2D eigenvalue weighted by atomic mass is 16.5. The molecule has 0 radical (unpaired) electrons. The van der Waals surface area contributed by atoms with Gasteiger partial charge in [-0.25, -0.2) is 0 Å². The maximum absolute atomic E-state index is 5.98. The Morgan fingerprint density at radius 3 is 2.35 bits per heavy atom. The zero-order valence-electron chi connectivity index (χ0n) is 19.8. The summed E-state index contributed by atoms with van der Waals surface area (Å²) in [6, 6.07) is 17.0. The van der Waals surface area contributed by atoms with Crippen molar-refractivity contribution in [2.45, 2.75) is 40.0 Å². The van der Waals surface area contributed by atoms with Gasteiger partial charge in [0.25, 0.3) is 0 Å². The molecule has 3 aromatic rings. The van der Waals surface area contributed by atoms with E-state index in [1.165, 1.54) is 29.3 Å². The second-order valence-corrected chi connectivity index (χ2v) is 8.46. The highest BCUT2D eigenvalue weighted by Crippen LogP contribution is 2.36. The maximum atomic E-state index is 5.98. The Balaban J connectivity index is 2.04. The van der Waals surface area contributed by atoms with E-state index in [2.05, 4.69) is 87.1 Å². The van der Waals surface area contributed by atoms with Crippen LogP contribution in [0.3, 0.4) is 0 Å². The zero-order valence-corrected chi connectivity index (χ0v) is 19.8. The monoisotopic (exact) mass is 419 g/mol. The fourth-order valence-electron chi connectivity index (χ4n) is 4.02. The SMILES string of the molecule is CCCCN(CCC)c1c(C)nc(-c2cccc(OCCN(C)C)c2)c2ccccc12. The smallest absolute Gasteiger partial charge is 0.120 e. The summed E-state index contributed by atoms with van der Waals surface area (Å²) in [5.41, 5.74) is 4.51. The van der Waals surface area contributed by atoms with Crippen molar-refractivity contribution < 1.29 is 4.74 Å². The van der Waals surface area contributed by atoms with Gasteiger partial charge in [0.2, 0.25) is 0 Å². The Morgan fingerprint density at radius 2 is 1.65 bits per heavy atom. The first kappa shape index (κ1) is 23.1. The lowest BCUT2D eigenvalue weighted by Crippen LogP contribution is -2.26. The molecule has 0 N–H and O–H groups in total. The summed E-state index contributed by atoms with van der Waals surface area (Å²) in [6.45, 7) is 10.4. The first-order valence-corrected chi connectivity index (χ1v) is 11.6. The first-order valence-electron chi connectivity index (χ1n) is 11.6. The van der Waals surface area contributed by atoms with Gasteiger partial charge in [0.1, 0.15) is 12.4 Å². The predicted octanol–water partition coefficient (Wildman–Crippen LogP) is 6.17. The molecule has 0 unspecified atom stereocenters. The normalized spacial score (nSPS) is 11.3. The molecule has 0 aliphatic heterocycles. The summed E-state index contributed by atoms with van der Waals surface area (Å²) in [5.74, 6) is 0.891. The Kier molecular flexibility index (Phi) is 8.30. The van der Waals surface area contributed by atoms with Crippen LogP contribution in [0.15, 0.2) is 48.5 Å². The van der Waals surface area contributed by atoms with Gasteiger partial charge in [-0.2, -0.15) is 0 Å². The molecule has 3 rings (SSSR count). The van der Waals surface area contributed by atoms with Crippen LogP contribution in [0.5, 0.6) is 5.75 Å². The lowest BCUT2D eigenvalue weighted by Gasteiger charge is -2.28. The summed E-state index contributed by atoms with van der Waals surface area (Å²) in [5, 5.41) is 2.49. The van der Waals surface area contributed by atoms with Gasteiger partial charge in [0.05, 0.1) is 17.1 Å². The molecule has 0 fully saturated rings. The van der Waals surface area contributed by atoms with Crippen LogP contribution in [0.4, 0.5) is 5.69 Å². The number of anilines is 1. The minimum absolute atomic E-state index is 0.673. The van der Waals surface area contributed by atoms with E-state index in [0.717, 1.165) is 48.8 Å². The summed E-state index contributed by atoms with van der Waals surface area (Å²) < 4.78 is 5.98. The second kappa shape index (κ2) is 11.1. The maximum Gasteiger partial charge on any atom is 0.120 e. The molecule has 0 saturated carbocycles. The van der Waals surface area contributed by atoms with E-state index in [9.17, 15) is 0 Å². The number of nitrogens with zero attached hydrogens (tertiary/aromatic N) is 3. The molecule has 0 aliphatic carbocycles. The van der Waals surface area contributed by atoms with E-state index in [-0.39, 0.29) is 0 Å². The van der Waals surface area contributed by atoms with Gasteiger partial charge < -0.3 is 14.5 Å². The van der Waals surface area contributed by atoms with Gasteiger partial charge >= 0.3 is 0 Å². The Labute approximate surface area is 187 Å². The molecule has 1 heterocycles. The molecule has 31 heavy (non-hydrogen) atoms. The lowest BCUT2D eigenvalue weighted by atomic mass is 10.0. The minimum Gasteiger partial charge on any atom is -0.492 e. The van der Waals surface area contributed by atoms with Crippen LogP contribution in [0.1, 0.15) is 38.8 Å². The van der Waals surface area contributed by atoms with Crippen molar-refractivity contribution in [3.05, 3.63) is 54.2 Å². The summed E-state index contributed by atoms with van der Waals surface area (Å²) in [4.78, 5) is 9.78. The van der Waals surface area contributed by atoms with Crippen LogP contribution in [0, 0.1) is 6.92 Å². The number of fused-ring (bicyclic) bond motifs is 1. The third kappa shape index (κ3) is 5.76. The third-order valence-electron chi connectivity index (χ3n) is 5.57. The molecular weight excluding hydrogens is 382 g/mol. The fourth-order valence-corrected chi connectivity index (χ4v) is 4.02. The van der Waals surface area contributed by atoms with Crippen molar-refractivity contribution in [1.29, 1.82) is 0 Å². The average Bonchev–Trinajstić information content (AvgIpc) is 2.76.